The molecule has 90 valence electrons. The molecule has 1 N–H and O–H groups in total. The highest BCUT2D eigenvalue weighted by Crippen LogP contribution is 2.29. The van der Waals surface area contributed by atoms with Gasteiger partial charge < -0.3 is 9.67 Å². The largest absolute Gasteiger partial charge is 0.494 e. The zero-order chi connectivity index (χ0) is 12.5. The van der Waals surface area contributed by atoms with Crippen LogP contribution in [0.25, 0.3) is 10.8 Å². The van der Waals surface area contributed by atoms with Crippen molar-refractivity contribution >= 4 is 10.8 Å². The standard InChI is InChI=1S/C15H14N2O/c1-11-3-2-4-13-14(11)10-17(15(13)18)9-12-5-7-16-8-6-12/h2-8,10,18H,9H2,1H3. The van der Waals surface area contributed by atoms with Crippen molar-refractivity contribution in [3.63, 3.8) is 0 Å². The molecule has 0 aliphatic heterocycles. The van der Waals surface area contributed by atoms with Crippen LogP contribution in [0, 0.1) is 6.92 Å². The number of pyridine rings is 1. The molecule has 0 fully saturated rings. The van der Waals surface area contributed by atoms with Crippen LogP contribution in [-0.4, -0.2) is 14.7 Å². The van der Waals surface area contributed by atoms with Crippen LogP contribution in [0.1, 0.15) is 11.1 Å². The van der Waals surface area contributed by atoms with Gasteiger partial charge in [-0.2, -0.15) is 0 Å². The normalized spacial score (nSPS) is 10.9. The van der Waals surface area contributed by atoms with Gasteiger partial charge in [0.1, 0.15) is 0 Å². The van der Waals surface area contributed by atoms with Gasteiger partial charge in [-0.15, -0.1) is 0 Å². The summed E-state index contributed by atoms with van der Waals surface area (Å²) < 4.78 is 1.87. The zero-order valence-corrected chi connectivity index (χ0v) is 10.2. The summed E-state index contributed by atoms with van der Waals surface area (Å²) in [6.45, 7) is 2.71. The zero-order valence-electron chi connectivity index (χ0n) is 10.2. The third kappa shape index (κ3) is 1.74. The Hall–Kier alpha value is -2.29. The van der Waals surface area contributed by atoms with Crippen molar-refractivity contribution < 1.29 is 5.11 Å². The van der Waals surface area contributed by atoms with Gasteiger partial charge >= 0.3 is 0 Å². The minimum atomic E-state index is 0.325. The maximum Gasteiger partial charge on any atom is 0.199 e. The fourth-order valence-electron chi connectivity index (χ4n) is 2.22. The van der Waals surface area contributed by atoms with Crippen LogP contribution >= 0.6 is 0 Å². The molecule has 18 heavy (non-hydrogen) atoms. The Balaban J connectivity index is 2.08. The van der Waals surface area contributed by atoms with Gasteiger partial charge in [-0.05, 0) is 36.2 Å². The van der Waals surface area contributed by atoms with Gasteiger partial charge in [0.05, 0.1) is 6.54 Å². The predicted molar refractivity (Wildman–Crippen MR) is 71.7 cm³/mol. The maximum absolute atomic E-state index is 10.2. The molecule has 3 nitrogen and oxygen atoms in total. The SMILES string of the molecule is Cc1cccc2c(O)n(Cc3ccncc3)cc12. The quantitative estimate of drug-likeness (QED) is 0.745. The molecule has 2 aromatic heterocycles. The molecule has 0 saturated heterocycles. The third-order valence-corrected chi connectivity index (χ3v) is 3.22. The molecule has 3 heteroatoms. The molecule has 0 unspecified atom stereocenters. The van der Waals surface area contributed by atoms with E-state index in [0.29, 0.717) is 12.4 Å². The second-order valence-electron chi connectivity index (χ2n) is 4.47. The van der Waals surface area contributed by atoms with E-state index in [1.54, 1.807) is 12.4 Å². The summed E-state index contributed by atoms with van der Waals surface area (Å²) in [5, 5.41) is 12.2. The van der Waals surface area contributed by atoms with Gasteiger partial charge in [-0.25, -0.2) is 0 Å². The molecule has 3 aromatic rings. The van der Waals surface area contributed by atoms with E-state index in [-0.39, 0.29) is 0 Å². The van der Waals surface area contributed by atoms with E-state index in [9.17, 15) is 5.11 Å². The number of hydrogen-bond acceptors (Lipinski definition) is 2. The first-order valence-corrected chi connectivity index (χ1v) is 5.92. The minimum Gasteiger partial charge on any atom is -0.494 e. The molecule has 0 atom stereocenters. The van der Waals surface area contributed by atoms with E-state index in [2.05, 4.69) is 18.0 Å². The first-order valence-electron chi connectivity index (χ1n) is 5.92. The van der Waals surface area contributed by atoms with E-state index in [1.807, 2.05) is 35.0 Å². The van der Waals surface area contributed by atoms with E-state index in [0.717, 1.165) is 16.3 Å². The van der Waals surface area contributed by atoms with Crippen LogP contribution in [0.3, 0.4) is 0 Å². The highest BCUT2D eigenvalue weighted by Gasteiger charge is 2.09. The van der Waals surface area contributed by atoms with Crippen LogP contribution in [0.4, 0.5) is 0 Å². The topological polar surface area (TPSA) is 38.0 Å². The molecule has 0 aliphatic rings. The molecular formula is C15H14N2O. The molecule has 0 saturated carbocycles. The van der Waals surface area contributed by atoms with E-state index >= 15 is 0 Å². The lowest BCUT2D eigenvalue weighted by atomic mass is 10.1. The third-order valence-electron chi connectivity index (χ3n) is 3.22. The fourth-order valence-corrected chi connectivity index (χ4v) is 2.22. The predicted octanol–water partition coefficient (Wildman–Crippen LogP) is 3.10. The average Bonchev–Trinajstić information content (AvgIpc) is 2.70. The van der Waals surface area contributed by atoms with E-state index < -0.39 is 0 Å². The van der Waals surface area contributed by atoms with Gasteiger partial charge in [0, 0.05) is 29.4 Å². The Labute approximate surface area is 105 Å². The summed E-state index contributed by atoms with van der Waals surface area (Å²) >= 11 is 0. The summed E-state index contributed by atoms with van der Waals surface area (Å²) in [7, 11) is 0. The monoisotopic (exact) mass is 238 g/mol. The highest BCUT2D eigenvalue weighted by atomic mass is 16.3. The fraction of sp³-hybridized carbons (Fsp3) is 0.133. The Bertz CT molecular complexity index is 686. The molecule has 0 amide bonds. The van der Waals surface area contributed by atoms with Gasteiger partial charge in [0.15, 0.2) is 5.88 Å². The number of fused-ring (bicyclic) bond motifs is 1. The van der Waals surface area contributed by atoms with E-state index in [1.165, 1.54) is 5.56 Å². The highest BCUT2D eigenvalue weighted by molar-refractivity contribution is 5.90. The summed E-state index contributed by atoms with van der Waals surface area (Å²) in [4.78, 5) is 3.99. The number of aromatic nitrogens is 2. The Morgan fingerprint density at radius 3 is 2.61 bits per heavy atom. The van der Waals surface area contributed by atoms with Gasteiger partial charge in [-0.3, -0.25) is 4.98 Å². The lowest BCUT2D eigenvalue weighted by Gasteiger charge is -2.04. The van der Waals surface area contributed by atoms with Gasteiger partial charge in [-0.1, -0.05) is 12.1 Å². The van der Waals surface area contributed by atoms with Gasteiger partial charge in [0.2, 0.25) is 0 Å². The lowest BCUT2D eigenvalue weighted by molar-refractivity contribution is 0.430. The molecule has 1 aromatic carbocycles. The first kappa shape index (κ1) is 10.8. The van der Waals surface area contributed by atoms with Crippen LogP contribution in [-0.2, 0) is 6.54 Å². The second kappa shape index (κ2) is 4.18. The minimum absolute atomic E-state index is 0.325. The summed E-state index contributed by atoms with van der Waals surface area (Å²) in [6, 6.07) is 9.88. The summed E-state index contributed by atoms with van der Waals surface area (Å²) in [6.07, 6.45) is 5.53. The molecular weight excluding hydrogens is 224 g/mol. The number of nitrogens with zero attached hydrogens (tertiary/aromatic N) is 2. The molecule has 0 aliphatic carbocycles. The van der Waals surface area contributed by atoms with Crippen molar-refractivity contribution in [2.24, 2.45) is 0 Å². The average molecular weight is 238 g/mol. The maximum atomic E-state index is 10.2. The van der Waals surface area contributed by atoms with Crippen molar-refractivity contribution in [1.29, 1.82) is 0 Å². The van der Waals surface area contributed by atoms with E-state index in [4.69, 9.17) is 0 Å². The molecule has 2 heterocycles. The van der Waals surface area contributed by atoms with Gasteiger partial charge in [0.25, 0.3) is 0 Å². The number of benzene rings is 1. The Kier molecular flexibility index (Phi) is 2.52. The summed E-state index contributed by atoms with van der Waals surface area (Å²) in [5.41, 5.74) is 2.30. The second-order valence-corrected chi connectivity index (χ2v) is 4.47. The number of aryl methyl sites for hydroxylation is 1. The van der Waals surface area contributed by atoms with Crippen LogP contribution in [0.2, 0.25) is 0 Å². The molecule has 0 spiro atoms. The van der Waals surface area contributed by atoms with Crippen LogP contribution < -0.4 is 0 Å². The number of rotatable bonds is 2. The van der Waals surface area contributed by atoms with Crippen molar-refractivity contribution in [2.45, 2.75) is 13.5 Å². The molecule has 3 rings (SSSR count). The van der Waals surface area contributed by atoms with Crippen molar-refractivity contribution in [3.8, 4) is 5.88 Å². The lowest BCUT2D eigenvalue weighted by Crippen LogP contribution is -1.96. The van der Waals surface area contributed by atoms with Crippen LogP contribution in [0.5, 0.6) is 5.88 Å². The van der Waals surface area contributed by atoms with Crippen molar-refractivity contribution in [3.05, 3.63) is 60.0 Å². The summed E-state index contributed by atoms with van der Waals surface area (Å²) in [5.74, 6) is 0.325. The van der Waals surface area contributed by atoms with Crippen molar-refractivity contribution in [1.82, 2.24) is 9.55 Å². The Morgan fingerprint density at radius 2 is 1.89 bits per heavy atom. The number of aromatic hydroxyl groups is 1. The number of hydrogen-bond donors (Lipinski definition) is 1. The molecule has 0 radical (unpaired) electrons. The van der Waals surface area contributed by atoms with Crippen LogP contribution in [0.15, 0.2) is 48.9 Å². The smallest absolute Gasteiger partial charge is 0.199 e. The molecule has 0 bridgehead atoms. The first-order chi connectivity index (χ1) is 8.75. The van der Waals surface area contributed by atoms with Crippen molar-refractivity contribution in [2.75, 3.05) is 0 Å². The Morgan fingerprint density at radius 1 is 1.11 bits per heavy atom.